The zero-order valence-electron chi connectivity index (χ0n) is 10.6. The lowest BCUT2D eigenvalue weighted by Gasteiger charge is -2.12. The van der Waals surface area contributed by atoms with Crippen LogP contribution in [0.25, 0.3) is 0 Å². The fourth-order valence-corrected chi connectivity index (χ4v) is 1.59. The average molecular weight is 267 g/mol. The van der Waals surface area contributed by atoms with E-state index in [1.165, 1.54) is 18.2 Å². The summed E-state index contributed by atoms with van der Waals surface area (Å²) < 4.78 is 0. The van der Waals surface area contributed by atoms with Crippen LogP contribution in [-0.4, -0.2) is 29.1 Å². The molecule has 0 saturated heterocycles. The molecule has 1 aromatic rings. The fourth-order valence-electron chi connectivity index (χ4n) is 1.59. The highest BCUT2D eigenvalue weighted by Gasteiger charge is 2.18. The van der Waals surface area contributed by atoms with Gasteiger partial charge in [0.05, 0.1) is 10.5 Å². The van der Waals surface area contributed by atoms with E-state index in [1.54, 1.807) is 0 Å². The molecule has 0 aliphatic rings. The van der Waals surface area contributed by atoms with E-state index in [0.29, 0.717) is 13.0 Å². The van der Waals surface area contributed by atoms with Crippen molar-refractivity contribution in [3.05, 3.63) is 33.9 Å². The SMILES string of the molecule is CC(CCO)CNC(=O)c1cccc([N+](=O)[O-])c1N. The van der Waals surface area contributed by atoms with Gasteiger partial charge in [0.2, 0.25) is 0 Å². The van der Waals surface area contributed by atoms with E-state index in [4.69, 9.17) is 10.8 Å². The normalized spacial score (nSPS) is 11.9. The van der Waals surface area contributed by atoms with Gasteiger partial charge < -0.3 is 16.2 Å². The number of anilines is 1. The predicted octanol–water partition coefficient (Wildman–Crippen LogP) is 0.925. The summed E-state index contributed by atoms with van der Waals surface area (Å²) in [6, 6.07) is 4.11. The van der Waals surface area contributed by atoms with Gasteiger partial charge in [0, 0.05) is 19.2 Å². The van der Waals surface area contributed by atoms with Gasteiger partial charge in [-0.25, -0.2) is 0 Å². The second kappa shape index (κ2) is 6.69. The number of carbonyl (C=O) groups is 1. The number of hydrogen-bond donors (Lipinski definition) is 3. The Morgan fingerprint density at radius 2 is 2.26 bits per heavy atom. The Morgan fingerprint density at radius 1 is 1.58 bits per heavy atom. The molecular weight excluding hydrogens is 250 g/mol. The minimum absolute atomic E-state index is 0.0516. The van der Waals surface area contributed by atoms with Crippen LogP contribution in [0.4, 0.5) is 11.4 Å². The Bertz CT molecular complexity index is 476. The third-order valence-electron chi connectivity index (χ3n) is 2.76. The summed E-state index contributed by atoms with van der Waals surface area (Å²) in [4.78, 5) is 22.0. The fraction of sp³-hybridized carbons (Fsp3) is 0.417. The molecule has 0 saturated carbocycles. The number of nitro benzene ring substituents is 1. The molecule has 0 aliphatic heterocycles. The van der Waals surface area contributed by atoms with Gasteiger partial charge in [-0.1, -0.05) is 13.0 Å². The number of para-hydroxylation sites is 1. The van der Waals surface area contributed by atoms with E-state index >= 15 is 0 Å². The Kier molecular flexibility index (Phi) is 5.25. The van der Waals surface area contributed by atoms with Gasteiger partial charge in [-0.2, -0.15) is 0 Å². The molecule has 7 heteroatoms. The molecule has 1 amide bonds. The molecule has 1 unspecified atom stereocenters. The van der Waals surface area contributed by atoms with Gasteiger partial charge in [-0.15, -0.1) is 0 Å². The zero-order valence-corrected chi connectivity index (χ0v) is 10.6. The van der Waals surface area contributed by atoms with E-state index in [2.05, 4.69) is 5.32 Å². The van der Waals surface area contributed by atoms with Gasteiger partial charge in [0.1, 0.15) is 5.69 Å². The van der Waals surface area contributed by atoms with Gasteiger partial charge >= 0.3 is 0 Å². The monoisotopic (exact) mass is 267 g/mol. The standard InChI is InChI=1S/C12H17N3O4/c1-8(5-6-16)7-14-12(17)9-3-2-4-10(11(9)13)15(18)19/h2-4,8,16H,5-7,13H2,1H3,(H,14,17). The van der Waals surface area contributed by atoms with E-state index in [9.17, 15) is 14.9 Å². The van der Waals surface area contributed by atoms with Crippen LogP contribution in [0.2, 0.25) is 0 Å². The quantitative estimate of drug-likeness (QED) is 0.402. The van der Waals surface area contributed by atoms with Crippen molar-refractivity contribution in [2.24, 2.45) is 5.92 Å². The summed E-state index contributed by atoms with van der Waals surface area (Å²) in [6.07, 6.45) is 0.574. The Hall–Kier alpha value is -2.15. The molecular formula is C12H17N3O4. The van der Waals surface area contributed by atoms with Crippen LogP contribution < -0.4 is 11.1 Å². The molecule has 1 aromatic carbocycles. The molecule has 0 aliphatic carbocycles. The summed E-state index contributed by atoms with van der Waals surface area (Å²) in [5.74, 6) is -0.333. The Morgan fingerprint density at radius 3 is 2.84 bits per heavy atom. The van der Waals surface area contributed by atoms with Crippen LogP contribution in [0.5, 0.6) is 0 Å². The van der Waals surface area contributed by atoms with Crippen LogP contribution in [-0.2, 0) is 0 Å². The van der Waals surface area contributed by atoms with E-state index in [-0.39, 0.29) is 29.5 Å². The van der Waals surface area contributed by atoms with Gasteiger partial charge in [-0.05, 0) is 18.4 Å². The van der Waals surface area contributed by atoms with E-state index in [0.717, 1.165) is 0 Å². The molecule has 0 spiro atoms. The molecule has 19 heavy (non-hydrogen) atoms. The number of nitrogens with one attached hydrogen (secondary N) is 1. The number of nitrogens with two attached hydrogens (primary N) is 1. The van der Waals surface area contributed by atoms with Gasteiger partial charge in [0.15, 0.2) is 0 Å². The van der Waals surface area contributed by atoms with Crippen LogP contribution >= 0.6 is 0 Å². The summed E-state index contributed by atoms with van der Waals surface area (Å²) in [5.41, 5.74) is 5.28. The second-order valence-corrected chi connectivity index (χ2v) is 4.32. The lowest BCUT2D eigenvalue weighted by atomic mass is 10.1. The smallest absolute Gasteiger partial charge is 0.292 e. The number of carbonyl (C=O) groups excluding carboxylic acids is 1. The van der Waals surface area contributed by atoms with Crippen LogP contribution in [0.15, 0.2) is 18.2 Å². The van der Waals surface area contributed by atoms with Crippen molar-refractivity contribution < 1.29 is 14.8 Å². The summed E-state index contributed by atoms with van der Waals surface area (Å²) in [5, 5.41) is 22.1. The average Bonchev–Trinajstić information content (AvgIpc) is 2.36. The molecule has 0 bridgehead atoms. The number of nitrogens with zero attached hydrogens (tertiary/aromatic N) is 1. The number of aliphatic hydroxyl groups is 1. The maximum atomic E-state index is 11.9. The van der Waals surface area contributed by atoms with Crippen molar-refractivity contribution in [3.63, 3.8) is 0 Å². The number of rotatable bonds is 6. The first-order valence-corrected chi connectivity index (χ1v) is 5.89. The first-order chi connectivity index (χ1) is 8.97. The first-order valence-electron chi connectivity index (χ1n) is 5.89. The Balaban J connectivity index is 2.78. The van der Waals surface area contributed by atoms with Crippen molar-refractivity contribution in [1.82, 2.24) is 5.32 Å². The lowest BCUT2D eigenvalue weighted by Crippen LogP contribution is -2.29. The van der Waals surface area contributed by atoms with Crippen molar-refractivity contribution in [2.45, 2.75) is 13.3 Å². The summed E-state index contributed by atoms with van der Waals surface area (Å²) >= 11 is 0. The van der Waals surface area contributed by atoms with Crippen LogP contribution in [0.1, 0.15) is 23.7 Å². The molecule has 0 aromatic heterocycles. The molecule has 0 fully saturated rings. The number of nitrogen functional groups attached to an aromatic ring is 1. The minimum atomic E-state index is -0.625. The van der Waals surface area contributed by atoms with Crippen LogP contribution in [0.3, 0.4) is 0 Å². The molecule has 1 rings (SSSR count). The largest absolute Gasteiger partial charge is 0.396 e. The van der Waals surface area contributed by atoms with Crippen molar-refractivity contribution in [3.8, 4) is 0 Å². The topological polar surface area (TPSA) is 118 Å². The third kappa shape index (κ3) is 3.92. The predicted molar refractivity (Wildman–Crippen MR) is 70.7 cm³/mol. The van der Waals surface area contributed by atoms with E-state index < -0.39 is 10.8 Å². The first kappa shape index (κ1) is 14.9. The summed E-state index contributed by atoms with van der Waals surface area (Å²) in [6.45, 7) is 2.31. The van der Waals surface area contributed by atoms with E-state index in [1.807, 2.05) is 6.92 Å². The summed E-state index contributed by atoms with van der Waals surface area (Å²) in [7, 11) is 0. The highest BCUT2D eigenvalue weighted by atomic mass is 16.6. The zero-order chi connectivity index (χ0) is 14.4. The highest BCUT2D eigenvalue weighted by Crippen LogP contribution is 2.24. The lowest BCUT2D eigenvalue weighted by molar-refractivity contribution is -0.383. The van der Waals surface area contributed by atoms with Gasteiger partial charge in [-0.3, -0.25) is 14.9 Å². The maximum absolute atomic E-state index is 11.9. The highest BCUT2D eigenvalue weighted by molar-refractivity contribution is 6.00. The van der Waals surface area contributed by atoms with Crippen LogP contribution in [0, 0.1) is 16.0 Å². The number of hydrogen-bond acceptors (Lipinski definition) is 5. The molecule has 7 nitrogen and oxygen atoms in total. The molecule has 0 heterocycles. The minimum Gasteiger partial charge on any atom is -0.396 e. The molecule has 1 atom stereocenters. The Labute approximate surface area is 110 Å². The number of nitro groups is 1. The second-order valence-electron chi connectivity index (χ2n) is 4.32. The third-order valence-corrected chi connectivity index (χ3v) is 2.76. The molecule has 104 valence electrons. The van der Waals surface area contributed by atoms with Crippen molar-refractivity contribution >= 4 is 17.3 Å². The maximum Gasteiger partial charge on any atom is 0.292 e. The number of aliphatic hydroxyl groups excluding tert-OH is 1. The van der Waals surface area contributed by atoms with Crippen molar-refractivity contribution in [1.29, 1.82) is 0 Å². The number of benzene rings is 1. The van der Waals surface area contributed by atoms with Gasteiger partial charge in [0.25, 0.3) is 11.6 Å². The molecule has 0 radical (unpaired) electrons. The molecule has 4 N–H and O–H groups in total. The number of amides is 1. The van der Waals surface area contributed by atoms with Crippen molar-refractivity contribution in [2.75, 3.05) is 18.9 Å².